The molecule has 134 valence electrons. The zero-order valence-corrected chi connectivity index (χ0v) is 15.7. The van der Waals surface area contributed by atoms with Crippen LogP contribution in [0, 0.1) is 5.82 Å². The number of hydrogen-bond acceptors (Lipinski definition) is 4. The van der Waals surface area contributed by atoms with Crippen molar-refractivity contribution in [3.63, 3.8) is 0 Å². The summed E-state index contributed by atoms with van der Waals surface area (Å²) in [6, 6.07) is 2.61. The van der Waals surface area contributed by atoms with E-state index in [-0.39, 0.29) is 22.6 Å². The summed E-state index contributed by atoms with van der Waals surface area (Å²) in [6.07, 6.45) is 3.62. The summed E-state index contributed by atoms with van der Waals surface area (Å²) in [5.41, 5.74) is 0.0723. The molecule has 4 nitrogen and oxygen atoms in total. The Morgan fingerprint density at radius 3 is 2.62 bits per heavy atom. The third kappa shape index (κ3) is 6.32. The number of carbonyl (C=O) groups excluding carboxylic acids is 2. The van der Waals surface area contributed by atoms with E-state index in [2.05, 4.69) is 5.32 Å². The van der Waals surface area contributed by atoms with Crippen molar-refractivity contribution in [3.05, 3.63) is 23.0 Å². The van der Waals surface area contributed by atoms with E-state index < -0.39 is 11.1 Å². The Labute approximate surface area is 151 Å². The van der Waals surface area contributed by atoms with E-state index in [9.17, 15) is 14.0 Å². The van der Waals surface area contributed by atoms with Gasteiger partial charge in [0.2, 0.25) is 5.91 Å². The highest BCUT2D eigenvalue weighted by Gasteiger charge is 2.21. The van der Waals surface area contributed by atoms with Crippen LogP contribution < -0.4 is 5.32 Å². The molecule has 0 aliphatic rings. The third-order valence-electron chi connectivity index (χ3n) is 3.41. The molecule has 0 aliphatic heterocycles. The Bertz CT molecular complexity index is 583. The topological polar surface area (TPSA) is 55.4 Å². The number of benzene rings is 1. The Morgan fingerprint density at radius 2 is 2.04 bits per heavy atom. The van der Waals surface area contributed by atoms with Gasteiger partial charge in [0.05, 0.1) is 17.8 Å². The summed E-state index contributed by atoms with van der Waals surface area (Å²) < 4.78 is 18.8. The first-order valence-electron chi connectivity index (χ1n) is 7.96. The van der Waals surface area contributed by atoms with E-state index >= 15 is 0 Å². The standard InChI is InChI=1S/C17H23ClFNO3S/c1-4-6-7-8-16(21)20-13-10-15(11(18)9-12(13)19)24-14(5-2)17(22)23-3/h9-10,14H,4-8H2,1-3H3,(H,20,21). The summed E-state index contributed by atoms with van der Waals surface area (Å²) in [4.78, 5) is 24.1. The van der Waals surface area contributed by atoms with Gasteiger partial charge in [-0.3, -0.25) is 9.59 Å². The van der Waals surface area contributed by atoms with Crippen molar-refractivity contribution in [1.29, 1.82) is 0 Å². The van der Waals surface area contributed by atoms with Gasteiger partial charge in [0, 0.05) is 11.3 Å². The molecule has 1 N–H and O–H groups in total. The Kier molecular flexibility index (Phi) is 9.14. The molecular weight excluding hydrogens is 353 g/mol. The number of nitrogens with one attached hydrogen (secondary N) is 1. The van der Waals surface area contributed by atoms with Crippen molar-refractivity contribution in [2.24, 2.45) is 0 Å². The van der Waals surface area contributed by atoms with Gasteiger partial charge in [-0.2, -0.15) is 0 Å². The predicted molar refractivity (Wildman–Crippen MR) is 96.1 cm³/mol. The first-order chi connectivity index (χ1) is 11.4. The van der Waals surface area contributed by atoms with Crippen LogP contribution in [-0.4, -0.2) is 24.2 Å². The van der Waals surface area contributed by atoms with Crippen LogP contribution in [-0.2, 0) is 14.3 Å². The summed E-state index contributed by atoms with van der Waals surface area (Å²) in [5.74, 6) is -1.20. The van der Waals surface area contributed by atoms with Crippen LogP contribution >= 0.6 is 23.4 Å². The molecule has 0 aromatic heterocycles. The number of methoxy groups -OCH3 is 1. The summed E-state index contributed by atoms with van der Waals surface area (Å²) in [6.45, 7) is 3.90. The van der Waals surface area contributed by atoms with E-state index in [1.165, 1.54) is 24.9 Å². The molecule has 0 spiro atoms. The molecule has 1 aromatic rings. The van der Waals surface area contributed by atoms with E-state index in [1.807, 2.05) is 13.8 Å². The maximum Gasteiger partial charge on any atom is 0.319 e. The highest BCUT2D eigenvalue weighted by atomic mass is 35.5. The van der Waals surface area contributed by atoms with Gasteiger partial charge >= 0.3 is 5.97 Å². The maximum atomic E-state index is 14.0. The Hall–Kier alpha value is -1.27. The third-order valence-corrected chi connectivity index (χ3v) is 5.23. The monoisotopic (exact) mass is 375 g/mol. The minimum absolute atomic E-state index is 0.0723. The number of amides is 1. The Morgan fingerprint density at radius 1 is 1.33 bits per heavy atom. The second-order valence-corrected chi connectivity index (χ2v) is 6.96. The molecular formula is C17H23ClFNO3S. The Balaban J connectivity index is 2.88. The number of ether oxygens (including phenoxy) is 1. The lowest BCUT2D eigenvalue weighted by Crippen LogP contribution is -2.18. The van der Waals surface area contributed by atoms with Gasteiger partial charge in [-0.15, -0.1) is 11.8 Å². The van der Waals surface area contributed by atoms with E-state index in [4.69, 9.17) is 16.3 Å². The fourth-order valence-electron chi connectivity index (χ4n) is 2.05. The molecule has 0 fully saturated rings. The molecule has 1 atom stereocenters. The summed E-state index contributed by atoms with van der Waals surface area (Å²) >= 11 is 7.26. The number of anilines is 1. The number of carbonyl (C=O) groups is 2. The highest BCUT2D eigenvalue weighted by Crippen LogP contribution is 2.35. The van der Waals surface area contributed by atoms with Gasteiger partial charge in [0.1, 0.15) is 11.1 Å². The quantitative estimate of drug-likeness (QED) is 0.373. The van der Waals surface area contributed by atoms with Gasteiger partial charge < -0.3 is 10.1 Å². The number of hydrogen-bond donors (Lipinski definition) is 1. The second kappa shape index (κ2) is 10.6. The molecule has 0 aliphatic carbocycles. The van der Waals surface area contributed by atoms with Gasteiger partial charge in [-0.1, -0.05) is 38.3 Å². The lowest BCUT2D eigenvalue weighted by atomic mass is 10.2. The summed E-state index contributed by atoms with van der Waals surface area (Å²) in [5, 5.41) is 2.33. The smallest absolute Gasteiger partial charge is 0.319 e. The number of esters is 1. The first-order valence-corrected chi connectivity index (χ1v) is 9.22. The SMILES string of the molecule is CCCCCC(=O)Nc1cc(SC(CC)C(=O)OC)c(Cl)cc1F. The maximum absolute atomic E-state index is 14.0. The second-order valence-electron chi connectivity index (χ2n) is 5.31. The van der Waals surface area contributed by atoms with Crippen LogP contribution in [0.4, 0.5) is 10.1 Å². The van der Waals surface area contributed by atoms with E-state index in [0.29, 0.717) is 17.7 Å². The van der Waals surface area contributed by atoms with Gasteiger partial charge in [0.25, 0.3) is 0 Å². The van der Waals surface area contributed by atoms with Crippen LogP contribution in [0.5, 0.6) is 0 Å². The number of halogens is 2. The average Bonchev–Trinajstić information content (AvgIpc) is 2.55. The zero-order chi connectivity index (χ0) is 18.1. The molecule has 1 unspecified atom stereocenters. The molecule has 7 heteroatoms. The minimum Gasteiger partial charge on any atom is -0.468 e. The lowest BCUT2D eigenvalue weighted by Gasteiger charge is -2.15. The normalized spacial score (nSPS) is 11.9. The predicted octanol–water partition coefficient (Wildman–Crippen LogP) is 5.04. The van der Waals surface area contributed by atoms with Gasteiger partial charge in [-0.05, 0) is 25.0 Å². The highest BCUT2D eigenvalue weighted by molar-refractivity contribution is 8.00. The summed E-state index contributed by atoms with van der Waals surface area (Å²) in [7, 11) is 1.32. The fourth-order valence-corrected chi connectivity index (χ4v) is 3.35. The van der Waals surface area contributed by atoms with Crippen molar-refractivity contribution >= 4 is 40.9 Å². The molecule has 0 saturated heterocycles. The van der Waals surface area contributed by atoms with Crippen molar-refractivity contribution in [3.8, 4) is 0 Å². The molecule has 0 saturated carbocycles. The largest absolute Gasteiger partial charge is 0.468 e. The van der Waals surface area contributed by atoms with Crippen molar-refractivity contribution in [2.45, 2.75) is 56.1 Å². The van der Waals surface area contributed by atoms with E-state index in [0.717, 1.165) is 25.3 Å². The van der Waals surface area contributed by atoms with Crippen LogP contribution in [0.25, 0.3) is 0 Å². The molecule has 0 bridgehead atoms. The fraction of sp³-hybridized carbons (Fsp3) is 0.529. The van der Waals surface area contributed by atoms with Crippen LogP contribution in [0.3, 0.4) is 0 Å². The molecule has 1 aromatic carbocycles. The van der Waals surface area contributed by atoms with Crippen molar-refractivity contribution in [2.75, 3.05) is 12.4 Å². The molecule has 0 radical (unpaired) electrons. The van der Waals surface area contributed by atoms with Gasteiger partial charge in [-0.25, -0.2) is 4.39 Å². The molecule has 24 heavy (non-hydrogen) atoms. The van der Waals surface area contributed by atoms with Crippen LogP contribution in [0.15, 0.2) is 17.0 Å². The van der Waals surface area contributed by atoms with E-state index in [1.54, 1.807) is 0 Å². The molecule has 0 heterocycles. The molecule has 1 rings (SSSR count). The number of rotatable bonds is 9. The first kappa shape index (κ1) is 20.8. The van der Waals surface area contributed by atoms with Crippen LogP contribution in [0.2, 0.25) is 5.02 Å². The van der Waals surface area contributed by atoms with Crippen molar-refractivity contribution in [1.82, 2.24) is 0 Å². The molecule has 1 amide bonds. The van der Waals surface area contributed by atoms with Crippen LogP contribution in [0.1, 0.15) is 46.0 Å². The van der Waals surface area contributed by atoms with Crippen molar-refractivity contribution < 1.29 is 18.7 Å². The number of thioether (sulfide) groups is 1. The lowest BCUT2D eigenvalue weighted by molar-refractivity contribution is -0.140. The average molecular weight is 376 g/mol. The van der Waals surface area contributed by atoms with Gasteiger partial charge in [0.15, 0.2) is 0 Å². The minimum atomic E-state index is -0.598. The number of unbranched alkanes of at least 4 members (excludes halogenated alkanes) is 2. The zero-order valence-electron chi connectivity index (χ0n) is 14.2.